The van der Waals surface area contributed by atoms with E-state index in [9.17, 15) is 8.78 Å². The first-order valence-corrected chi connectivity index (χ1v) is 3.42. The van der Waals surface area contributed by atoms with Crippen LogP contribution in [0.4, 0.5) is 8.78 Å². The van der Waals surface area contributed by atoms with Gasteiger partial charge in [-0.15, -0.1) is 0 Å². The predicted octanol–water partition coefficient (Wildman–Crippen LogP) is 2.23. The zero-order chi connectivity index (χ0) is 8.55. The van der Waals surface area contributed by atoms with Crippen LogP contribution in [0.15, 0.2) is 24.3 Å². The number of nitrogens with zero attached hydrogens (tertiary/aromatic N) is 2. The number of para-hydroxylation sites is 2. The van der Waals surface area contributed by atoms with Gasteiger partial charge in [0.15, 0.2) is 6.33 Å². The van der Waals surface area contributed by atoms with Gasteiger partial charge in [-0.2, -0.15) is 8.78 Å². The Morgan fingerprint density at radius 3 is 2.83 bits per heavy atom. The molecule has 2 rings (SSSR count). The fourth-order valence-corrected chi connectivity index (χ4v) is 1.07. The molecule has 0 aliphatic heterocycles. The molecule has 0 N–H and O–H groups in total. The van der Waals surface area contributed by atoms with Crippen molar-refractivity contribution >= 4 is 11.0 Å². The lowest BCUT2D eigenvalue weighted by molar-refractivity contribution is 0.0737. The van der Waals surface area contributed by atoms with E-state index in [1.54, 1.807) is 24.3 Å². The van der Waals surface area contributed by atoms with Crippen LogP contribution < -0.4 is 0 Å². The van der Waals surface area contributed by atoms with Crippen LogP contribution in [0, 0.1) is 6.33 Å². The minimum atomic E-state index is -2.57. The Morgan fingerprint density at radius 2 is 2.08 bits per heavy atom. The zero-order valence-electron chi connectivity index (χ0n) is 6.04. The first-order chi connectivity index (χ1) is 5.79. The number of hydrogen-bond donors (Lipinski definition) is 0. The van der Waals surface area contributed by atoms with E-state index in [1.807, 2.05) is 0 Å². The summed E-state index contributed by atoms with van der Waals surface area (Å²) >= 11 is 0. The lowest BCUT2D eigenvalue weighted by Gasteiger charge is -1.98. The number of alkyl halides is 2. The third-order valence-corrected chi connectivity index (χ3v) is 1.61. The first kappa shape index (κ1) is 7.21. The van der Waals surface area contributed by atoms with E-state index in [0.717, 1.165) is 4.57 Å². The highest BCUT2D eigenvalue weighted by Crippen LogP contribution is 2.18. The highest BCUT2D eigenvalue weighted by Gasteiger charge is 2.09. The fourth-order valence-electron chi connectivity index (χ4n) is 1.07. The molecule has 4 heteroatoms. The molecule has 61 valence electrons. The van der Waals surface area contributed by atoms with E-state index in [0.29, 0.717) is 11.0 Å². The van der Waals surface area contributed by atoms with Gasteiger partial charge in [0.05, 0.1) is 11.0 Å². The average Bonchev–Trinajstić information content (AvgIpc) is 2.47. The molecule has 2 aromatic rings. The van der Waals surface area contributed by atoms with Gasteiger partial charge in [0.1, 0.15) is 0 Å². The molecule has 0 amide bonds. The van der Waals surface area contributed by atoms with Crippen LogP contribution in [0.3, 0.4) is 0 Å². The Kier molecular flexibility index (Phi) is 1.53. The van der Waals surface area contributed by atoms with Crippen LogP contribution >= 0.6 is 0 Å². The van der Waals surface area contributed by atoms with Crippen molar-refractivity contribution in [3.63, 3.8) is 0 Å². The monoisotopic (exact) mass is 167 g/mol. The molecule has 0 spiro atoms. The predicted molar refractivity (Wildman–Crippen MR) is 39.8 cm³/mol. The summed E-state index contributed by atoms with van der Waals surface area (Å²) < 4.78 is 25.2. The summed E-state index contributed by atoms with van der Waals surface area (Å²) in [6.07, 6.45) is 2.23. The second-order valence-electron chi connectivity index (χ2n) is 2.35. The molecule has 0 aliphatic carbocycles. The van der Waals surface area contributed by atoms with Gasteiger partial charge in [-0.1, -0.05) is 12.1 Å². The van der Waals surface area contributed by atoms with Crippen LogP contribution in [0.1, 0.15) is 6.55 Å². The van der Waals surface area contributed by atoms with Crippen LogP contribution in [-0.4, -0.2) is 9.55 Å². The SMILES string of the molecule is FC(F)n1[c]nc2ccccc21. The van der Waals surface area contributed by atoms with Gasteiger partial charge in [0.2, 0.25) is 0 Å². The van der Waals surface area contributed by atoms with Crippen LogP contribution in [0.5, 0.6) is 0 Å². The molecule has 12 heavy (non-hydrogen) atoms. The van der Waals surface area contributed by atoms with Gasteiger partial charge in [0, 0.05) is 0 Å². The van der Waals surface area contributed by atoms with Gasteiger partial charge in [-0.05, 0) is 12.1 Å². The Hall–Kier alpha value is -1.45. The second kappa shape index (κ2) is 2.55. The van der Waals surface area contributed by atoms with Gasteiger partial charge >= 0.3 is 6.55 Å². The quantitative estimate of drug-likeness (QED) is 0.636. The summed E-state index contributed by atoms with van der Waals surface area (Å²) in [6, 6.07) is 6.70. The largest absolute Gasteiger partial charge is 0.320 e. The highest BCUT2D eigenvalue weighted by molar-refractivity contribution is 5.74. The van der Waals surface area contributed by atoms with Crippen LogP contribution in [0.2, 0.25) is 0 Å². The average molecular weight is 167 g/mol. The Balaban J connectivity index is 2.70. The van der Waals surface area contributed by atoms with E-state index < -0.39 is 6.55 Å². The third-order valence-electron chi connectivity index (χ3n) is 1.61. The van der Waals surface area contributed by atoms with Gasteiger partial charge < -0.3 is 0 Å². The topological polar surface area (TPSA) is 17.8 Å². The summed E-state index contributed by atoms with van der Waals surface area (Å²) in [5, 5.41) is 0. The molecular formula is C8H5F2N2. The molecule has 0 atom stereocenters. The van der Waals surface area contributed by atoms with Crippen molar-refractivity contribution in [3.8, 4) is 0 Å². The fraction of sp³-hybridized carbons (Fsp3) is 0.125. The molecule has 0 bridgehead atoms. The Labute approximate surface area is 67.4 Å². The third kappa shape index (κ3) is 0.958. The van der Waals surface area contributed by atoms with Crippen LogP contribution in [0.25, 0.3) is 11.0 Å². The normalized spacial score (nSPS) is 11.2. The number of halogens is 2. The summed E-state index contributed by atoms with van der Waals surface area (Å²) in [5.41, 5.74) is 0.949. The molecule has 1 aromatic carbocycles. The summed E-state index contributed by atoms with van der Waals surface area (Å²) in [7, 11) is 0. The van der Waals surface area contributed by atoms with Crippen molar-refractivity contribution in [1.29, 1.82) is 0 Å². The lowest BCUT2D eigenvalue weighted by atomic mass is 10.3. The van der Waals surface area contributed by atoms with E-state index in [1.165, 1.54) is 0 Å². The van der Waals surface area contributed by atoms with Crippen molar-refractivity contribution < 1.29 is 8.78 Å². The summed E-state index contributed by atoms with van der Waals surface area (Å²) in [6.45, 7) is -2.57. The van der Waals surface area contributed by atoms with Crippen molar-refractivity contribution in [2.24, 2.45) is 0 Å². The minimum absolute atomic E-state index is 0.410. The number of benzene rings is 1. The van der Waals surface area contributed by atoms with E-state index in [4.69, 9.17) is 0 Å². The number of imidazole rings is 1. The first-order valence-electron chi connectivity index (χ1n) is 3.42. The van der Waals surface area contributed by atoms with E-state index in [2.05, 4.69) is 11.3 Å². The molecule has 0 saturated carbocycles. The maximum Gasteiger partial charge on any atom is 0.320 e. The number of rotatable bonds is 1. The number of hydrogen-bond acceptors (Lipinski definition) is 1. The molecule has 1 aromatic heterocycles. The van der Waals surface area contributed by atoms with Crippen molar-refractivity contribution in [1.82, 2.24) is 9.55 Å². The van der Waals surface area contributed by atoms with E-state index in [-0.39, 0.29) is 0 Å². The Bertz CT molecular complexity index is 395. The second-order valence-corrected chi connectivity index (χ2v) is 2.35. The minimum Gasteiger partial charge on any atom is -0.264 e. The summed E-state index contributed by atoms with van der Waals surface area (Å²) in [4.78, 5) is 3.70. The number of aromatic nitrogens is 2. The van der Waals surface area contributed by atoms with Crippen molar-refractivity contribution in [2.75, 3.05) is 0 Å². The molecule has 0 fully saturated rings. The zero-order valence-corrected chi connectivity index (χ0v) is 6.04. The lowest BCUT2D eigenvalue weighted by Crippen LogP contribution is -1.94. The molecule has 0 aliphatic rings. The molecule has 0 saturated heterocycles. The maximum atomic E-state index is 12.2. The van der Waals surface area contributed by atoms with E-state index >= 15 is 0 Å². The Morgan fingerprint density at radius 1 is 1.33 bits per heavy atom. The van der Waals surface area contributed by atoms with Crippen LogP contribution in [-0.2, 0) is 0 Å². The molecular weight excluding hydrogens is 162 g/mol. The molecule has 1 radical (unpaired) electrons. The number of fused-ring (bicyclic) bond motifs is 1. The van der Waals surface area contributed by atoms with Gasteiger partial charge in [-0.25, -0.2) is 4.98 Å². The van der Waals surface area contributed by atoms with Gasteiger partial charge in [-0.3, -0.25) is 4.57 Å². The van der Waals surface area contributed by atoms with Gasteiger partial charge in [0.25, 0.3) is 0 Å². The standard InChI is InChI=1S/C8H5F2N2/c9-8(10)12-5-11-6-3-1-2-4-7(6)12/h1-4,8H. The van der Waals surface area contributed by atoms with Crippen molar-refractivity contribution in [3.05, 3.63) is 30.6 Å². The maximum absolute atomic E-state index is 12.2. The smallest absolute Gasteiger partial charge is 0.264 e. The molecule has 2 nitrogen and oxygen atoms in total. The summed E-state index contributed by atoms with van der Waals surface area (Å²) in [5.74, 6) is 0. The van der Waals surface area contributed by atoms with Crippen molar-refractivity contribution in [2.45, 2.75) is 6.55 Å². The highest BCUT2D eigenvalue weighted by atomic mass is 19.3. The molecule has 0 unspecified atom stereocenters. The molecule has 1 heterocycles.